The number of nitrogens with one attached hydrogen (secondary N) is 2. The number of pyridine rings is 1. The summed E-state index contributed by atoms with van der Waals surface area (Å²) in [5.74, 6) is 0.308. The molecule has 0 saturated carbocycles. The van der Waals surface area contributed by atoms with Crippen molar-refractivity contribution < 1.29 is 4.79 Å². The lowest BCUT2D eigenvalue weighted by Gasteiger charge is -2.19. The van der Waals surface area contributed by atoms with Crippen molar-refractivity contribution in [2.75, 3.05) is 5.32 Å². The molecule has 2 N–H and O–H groups in total. The lowest BCUT2D eigenvalue weighted by molar-refractivity contribution is 0.0951. The van der Waals surface area contributed by atoms with Crippen LogP contribution >= 0.6 is 11.6 Å². The third-order valence-electron chi connectivity index (χ3n) is 3.81. The largest absolute Gasteiger partial charge is 0.382 e. The first-order chi connectivity index (χ1) is 11.0. The molecule has 0 fully saturated rings. The lowest BCUT2D eigenvalue weighted by atomic mass is 10.1. The normalized spacial score (nSPS) is 12.0. The van der Waals surface area contributed by atoms with E-state index >= 15 is 0 Å². The van der Waals surface area contributed by atoms with Crippen LogP contribution in [0.5, 0.6) is 0 Å². The van der Waals surface area contributed by atoms with E-state index in [9.17, 15) is 4.79 Å². The molecule has 0 radical (unpaired) electrons. The molecular weight excluding hydrogens is 310 g/mol. The molecule has 23 heavy (non-hydrogen) atoms. The van der Waals surface area contributed by atoms with Gasteiger partial charge in [0.25, 0.3) is 5.91 Å². The highest BCUT2D eigenvalue weighted by Crippen LogP contribution is 2.22. The average Bonchev–Trinajstić information content (AvgIpc) is 2.55. The van der Waals surface area contributed by atoms with Crippen LogP contribution < -0.4 is 10.6 Å². The van der Waals surface area contributed by atoms with Gasteiger partial charge in [-0.05, 0) is 48.7 Å². The summed E-state index contributed by atoms with van der Waals surface area (Å²) in [4.78, 5) is 16.3. The zero-order valence-electron chi connectivity index (χ0n) is 13.6. The number of hydrogen-bond donors (Lipinski definition) is 2. The van der Waals surface area contributed by atoms with Gasteiger partial charge in [-0.15, -0.1) is 0 Å². The number of nitrogens with zero attached hydrogens (tertiary/aromatic N) is 1. The van der Waals surface area contributed by atoms with Gasteiger partial charge < -0.3 is 10.6 Å². The fourth-order valence-corrected chi connectivity index (χ4v) is 2.20. The number of benzene rings is 1. The number of rotatable bonds is 6. The lowest BCUT2D eigenvalue weighted by Crippen LogP contribution is -2.24. The Kier molecular flexibility index (Phi) is 5.99. The molecule has 5 heteroatoms. The molecule has 0 aliphatic heterocycles. The summed E-state index contributed by atoms with van der Waals surface area (Å²) in [6.45, 7) is 6.85. The molecule has 1 atom stereocenters. The third-order valence-corrected chi connectivity index (χ3v) is 4.14. The first-order valence-electron chi connectivity index (χ1n) is 7.70. The maximum absolute atomic E-state index is 12.4. The molecule has 4 nitrogen and oxygen atoms in total. The molecule has 1 aromatic carbocycles. The van der Waals surface area contributed by atoms with Gasteiger partial charge in [-0.2, -0.15) is 0 Å². The van der Waals surface area contributed by atoms with E-state index < -0.39 is 0 Å². The fourth-order valence-electron chi connectivity index (χ4n) is 2.00. The molecule has 0 bridgehead atoms. The SMILES string of the molecule is CC(C)[C@@H](C)Nc1ccc(Cl)c(C(=O)NCc2ccncc2)c1. The molecule has 0 spiro atoms. The Morgan fingerprint density at radius 1 is 1.17 bits per heavy atom. The summed E-state index contributed by atoms with van der Waals surface area (Å²) < 4.78 is 0. The number of carbonyl (C=O) groups is 1. The summed E-state index contributed by atoms with van der Waals surface area (Å²) in [5, 5.41) is 6.72. The zero-order valence-corrected chi connectivity index (χ0v) is 14.4. The van der Waals surface area contributed by atoms with Crippen molar-refractivity contribution in [3.05, 3.63) is 58.9 Å². The summed E-state index contributed by atoms with van der Waals surface area (Å²) >= 11 is 6.17. The van der Waals surface area contributed by atoms with Gasteiger partial charge in [-0.3, -0.25) is 9.78 Å². The van der Waals surface area contributed by atoms with E-state index in [1.807, 2.05) is 18.2 Å². The second-order valence-electron chi connectivity index (χ2n) is 5.91. The number of hydrogen-bond acceptors (Lipinski definition) is 3. The molecule has 1 heterocycles. The second kappa shape index (κ2) is 7.97. The standard InChI is InChI=1S/C18H22ClN3O/c1-12(2)13(3)22-15-4-5-17(19)16(10-15)18(23)21-11-14-6-8-20-9-7-14/h4-10,12-13,22H,11H2,1-3H3,(H,21,23)/t13-/m1/s1. The van der Waals surface area contributed by atoms with Crippen molar-refractivity contribution in [1.82, 2.24) is 10.3 Å². The highest BCUT2D eigenvalue weighted by molar-refractivity contribution is 6.34. The average molecular weight is 332 g/mol. The monoisotopic (exact) mass is 331 g/mol. The van der Waals surface area contributed by atoms with Crippen LogP contribution in [0.1, 0.15) is 36.7 Å². The van der Waals surface area contributed by atoms with Crippen LogP contribution in [0.4, 0.5) is 5.69 Å². The van der Waals surface area contributed by atoms with E-state index in [-0.39, 0.29) is 5.91 Å². The Morgan fingerprint density at radius 3 is 2.52 bits per heavy atom. The van der Waals surface area contributed by atoms with E-state index in [0.29, 0.717) is 29.1 Å². The van der Waals surface area contributed by atoms with Crippen molar-refractivity contribution in [3.8, 4) is 0 Å². The minimum absolute atomic E-state index is 0.187. The van der Waals surface area contributed by atoms with Gasteiger partial charge in [-0.1, -0.05) is 25.4 Å². The molecule has 0 unspecified atom stereocenters. The van der Waals surface area contributed by atoms with Crippen LogP contribution in [0.15, 0.2) is 42.7 Å². The minimum atomic E-state index is -0.187. The zero-order chi connectivity index (χ0) is 16.8. The number of anilines is 1. The van der Waals surface area contributed by atoms with Gasteiger partial charge in [-0.25, -0.2) is 0 Å². The van der Waals surface area contributed by atoms with Crippen molar-refractivity contribution >= 4 is 23.2 Å². The van der Waals surface area contributed by atoms with Gasteiger partial charge in [0.2, 0.25) is 0 Å². The van der Waals surface area contributed by atoms with Crippen molar-refractivity contribution in [1.29, 1.82) is 0 Å². The van der Waals surface area contributed by atoms with E-state index in [0.717, 1.165) is 11.3 Å². The van der Waals surface area contributed by atoms with Gasteiger partial charge >= 0.3 is 0 Å². The Morgan fingerprint density at radius 2 is 1.87 bits per heavy atom. The van der Waals surface area contributed by atoms with Crippen LogP contribution in [0.2, 0.25) is 5.02 Å². The maximum atomic E-state index is 12.4. The van der Waals surface area contributed by atoms with Gasteiger partial charge in [0.05, 0.1) is 10.6 Å². The summed E-state index contributed by atoms with van der Waals surface area (Å²) in [6.07, 6.45) is 3.40. The number of amides is 1. The highest BCUT2D eigenvalue weighted by atomic mass is 35.5. The highest BCUT2D eigenvalue weighted by Gasteiger charge is 2.13. The Hall–Kier alpha value is -2.07. The van der Waals surface area contributed by atoms with Crippen molar-refractivity contribution in [2.45, 2.75) is 33.4 Å². The molecule has 2 rings (SSSR count). The second-order valence-corrected chi connectivity index (χ2v) is 6.32. The molecular formula is C18H22ClN3O. The minimum Gasteiger partial charge on any atom is -0.382 e. The van der Waals surface area contributed by atoms with E-state index in [1.54, 1.807) is 24.5 Å². The van der Waals surface area contributed by atoms with Gasteiger partial charge in [0.1, 0.15) is 0 Å². The first kappa shape index (κ1) is 17.3. The predicted molar refractivity (Wildman–Crippen MR) is 94.8 cm³/mol. The van der Waals surface area contributed by atoms with Crippen LogP contribution in [0.3, 0.4) is 0 Å². The molecule has 0 saturated heterocycles. The molecule has 0 aliphatic carbocycles. The van der Waals surface area contributed by atoms with Crippen LogP contribution in [-0.4, -0.2) is 16.9 Å². The number of halogens is 1. The molecule has 1 amide bonds. The summed E-state index contributed by atoms with van der Waals surface area (Å²) in [6, 6.07) is 9.47. The van der Waals surface area contributed by atoms with E-state index in [2.05, 4.69) is 36.4 Å². The number of carbonyl (C=O) groups excluding carboxylic acids is 1. The van der Waals surface area contributed by atoms with Crippen LogP contribution in [0.25, 0.3) is 0 Å². The summed E-state index contributed by atoms with van der Waals surface area (Å²) in [7, 11) is 0. The van der Waals surface area contributed by atoms with Crippen LogP contribution in [-0.2, 0) is 6.54 Å². The summed E-state index contributed by atoms with van der Waals surface area (Å²) in [5.41, 5.74) is 2.36. The topological polar surface area (TPSA) is 54.0 Å². The van der Waals surface area contributed by atoms with Gasteiger partial charge in [0.15, 0.2) is 0 Å². The number of aromatic nitrogens is 1. The molecule has 1 aromatic heterocycles. The van der Waals surface area contributed by atoms with Crippen molar-refractivity contribution in [2.24, 2.45) is 5.92 Å². The quantitative estimate of drug-likeness (QED) is 0.837. The molecule has 122 valence electrons. The first-order valence-corrected chi connectivity index (χ1v) is 8.08. The molecule has 0 aliphatic rings. The van der Waals surface area contributed by atoms with Crippen molar-refractivity contribution in [3.63, 3.8) is 0 Å². The third kappa shape index (κ3) is 4.96. The van der Waals surface area contributed by atoms with E-state index in [4.69, 9.17) is 11.6 Å². The fraction of sp³-hybridized carbons (Fsp3) is 0.333. The maximum Gasteiger partial charge on any atom is 0.253 e. The Bertz CT molecular complexity index is 659. The Labute approximate surface area is 142 Å². The van der Waals surface area contributed by atoms with Gasteiger partial charge in [0, 0.05) is 30.7 Å². The smallest absolute Gasteiger partial charge is 0.253 e. The predicted octanol–water partition coefficient (Wildman–Crippen LogP) is 4.12. The van der Waals surface area contributed by atoms with E-state index in [1.165, 1.54) is 0 Å². The Balaban J connectivity index is 2.07. The molecule has 2 aromatic rings. The van der Waals surface area contributed by atoms with Crippen LogP contribution in [0, 0.1) is 5.92 Å².